The molecule has 520 valence electrons. The molecule has 8 nitrogen and oxygen atoms in total. The van der Waals surface area contributed by atoms with E-state index in [9.17, 15) is 19.2 Å². The first kappa shape index (κ1) is 86.2. The maximum atomic E-state index is 14.0. The monoisotopic (exact) mass is 1270 g/mol. The lowest BCUT2D eigenvalue weighted by atomic mass is 10.1. The molecule has 9 heteroatoms. The van der Waals surface area contributed by atoms with Gasteiger partial charge in [0.1, 0.15) is 10.5 Å². The van der Waals surface area contributed by atoms with Crippen molar-refractivity contribution in [1.82, 2.24) is 0 Å². The molecule has 2 unspecified atom stereocenters. The van der Waals surface area contributed by atoms with E-state index in [-0.39, 0.29) is 39.3 Å². The van der Waals surface area contributed by atoms with E-state index in [4.69, 9.17) is 18.9 Å². The zero-order valence-corrected chi connectivity index (χ0v) is 60.1. The van der Waals surface area contributed by atoms with Crippen LogP contribution in [0.15, 0.2) is 48.6 Å². The largest absolute Gasteiger partial charge is 0.466 e. The first-order chi connectivity index (χ1) is 43.9. The number of rotatable bonds is 72. The van der Waals surface area contributed by atoms with Crippen LogP contribution in [0.4, 0.5) is 0 Å². The normalized spacial score (nSPS) is 12.5. The van der Waals surface area contributed by atoms with Crippen LogP contribution in [0.2, 0.25) is 0 Å². The summed E-state index contributed by atoms with van der Waals surface area (Å²) >= 11 is 1.00. The Balaban J connectivity index is 5.43. The second-order valence-corrected chi connectivity index (χ2v) is 27.5. The molecule has 0 aliphatic rings. The third-order valence-corrected chi connectivity index (χ3v) is 18.6. The lowest BCUT2D eigenvalue weighted by Gasteiger charge is -2.21. The van der Waals surface area contributed by atoms with Gasteiger partial charge in [-0.25, -0.2) is 0 Å². The van der Waals surface area contributed by atoms with E-state index in [0.717, 1.165) is 140 Å². The second-order valence-electron chi connectivity index (χ2n) is 26.0. The summed E-state index contributed by atoms with van der Waals surface area (Å²) in [5.41, 5.74) is 0. The van der Waals surface area contributed by atoms with Crippen LogP contribution in [0.1, 0.15) is 400 Å². The molecule has 0 amide bonds. The highest BCUT2D eigenvalue weighted by molar-refractivity contribution is 8.01. The molecule has 0 saturated carbocycles. The summed E-state index contributed by atoms with van der Waals surface area (Å²) in [6, 6.07) is 0. The van der Waals surface area contributed by atoms with E-state index >= 15 is 0 Å². The smallest absolute Gasteiger partial charge is 0.319 e. The number of unbranched alkanes of at least 4 members (excludes halogenated alkanes) is 48. The zero-order valence-electron chi connectivity index (χ0n) is 59.3. The fourth-order valence-corrected chi connectivity index (χ4v) is 12.5. The van der Waals surface area contributed by atoms with Crippen molar-refractivity contribution in [3.63, 3.8) is 0 Å². The summed E-state index contributed by atoms with van der Waals surface area (Å²) < 4.78 is 23.2. The highest BCUT2D eigenvalue weighted by atomic mass is 32.2. The molecule has 0 spiro atoms. The molecule has 0 aromatic heterocycles. The van der Waals surface area contributed by atoms with Crippen LogP contribution in [0.5, 0.6) is 0 Å². The van der Waals surface area contributed by atoms with Crippen molar-refractivity contribution in [3.8, 4) is 0 Å². The van der Waals surface area contributed by atoms with E-state index in [2.05, 4.69) is 76.3 Å². The number of carbonyl (C=O) groups is 4. The Morgan fingerprint density at radius 1 is 0.236 bits per heavy atom. The van der Waals surface area contributed by atoms with E-state index in [1.54, 1.807) is 0 Å². The summed E-state index contributed by atoms with van der Waals surface area (Å²) in [6.45, 7) is 10.1. The van der Waals surface area contributed by atoms with E-state index in [0.29, 0.717) is 0 Å². The molecule has 0 bridgehead atoms. The van der Waals surface area contributed by atoms with Crippen molar-refractivity contribution in [2.75, 3.05) is 26.4 Å². The van der Waals surface area contributed by atoms with Gasteiger partial charge in [0.2, 0.25) is 0 Å². The Labute approximate surface area is 556 Å². The molecule has 0 aromatic rings. The summed E-state index contributed by atoms with van der Waals surface area (Å²) in [6.07, 6.45) is 85.2. The van der Waals surface area contributed by atoms with Gasteiger partial charge in [-0.2, -0.15) is 0 Å². The Kier molecular flexibility index (Phi) is 71.9. The third kappa shape index (κ3) is 67.9. The molecular formula is C80H146O8S. The molecular weight excluding hydrogens is 1120 g/mol. The van der Waals surface area contributed by atoms with Gasteiger partial charge < -0.3 is 18.9 Å². The van der Waals surface area contributed by atoms with Crippen LogP contribution in [-0.4, -0.2) is 60.8 Å². The van der Waals surface area contributed by atoms with Crippen molar-refractivity contribution in [2.24, 2.45) is 0 Å². The summed E-state index contributed by atoms with van der Waals surface area (Å²) in [4.78, 5) is 54.9. The Bertz CT molecular complexity index is 1510. The molecule has 0 aromatic carbocycles. The molecule has 0 radical (unpaired) electrons. The number of carbonyl (C=O) groups excluding carboxylic acids is 4. The van der Waals surface area contributed by atoms with Gasteiger partial charge in [0, 0.05) is 0 Å². The minimum absolute atomic E-state index is 0.241. The molecule has 0 aliphatic heterocycles. The minimum Gasteiger partial charge on any atom is -0.466 e. The van der Waals surface area contributed by atoms with Crippen molar-refractivity contribution in [3.05, 3.63) is 48.6 Å². The van der Waals surface area contributed by atoms with Gasteiger partial charge in [0.25, 0.3) is 0 Å². The van der Waals surface area contributed by atoms with E-state index in [1.807, 2.05) is 0 Å². The Morgan fingerprint density at radius 2 is 0.404 bits per heavy atom. The first-order valence-corrected chi connectivity index (χ1v) is 39.7. The number of allylic oxidation sites excluding steroid dienone is 8. The molecule has 0 aliphatic carbocycles. The molecule has 2 atom stereocenters. The van der Waals surface area contributed by atoms with Gasteiger partial charge in [0.05, 0.1) is 39.3 Å². The maximum Gasteiger partial charge on any atom is 0.319 e. The number of ether oxygens (including phenoxy) is 4. The predicted octanol–water partition coefficient (Wildman–Crippen LogP) is 25.6. The van der Waals surface area contributed by atoms with E-state index < -0.39 is 34.4 Å². The van der Waals surface area contributed by atoms with Crippen molar-refractivity contribution in [1.29, 1.82) is 0 Å². The highest BCUT2D eigenvalue weighted by Crippen LogP contribution is 2.28. The minimum atomic E-state index is -1.02. The van der Waals surface area contributed by atoms with Crippen molar-refractivity contribution in [2.45, 2.75) is 411 Å². The van der Waals surface area contributed by atoms with Gasteiger partial charge in [0.15, 0.2) is 0 Å². The quantitative estimate of drug-likeness (QED) is 0.0255. The molecule has 89 heavy (non-hydrogen) atoms. The zero-order chi connectivity index (χ0) is 64.5. The van der Waals surface area contributed by atoms with Gasteiger partial charge in [-0.3, -0.25) is 19.2 Å². The van der Waals surface area contributed by atoms with Crippen molar-refractivity contribution >= 4 is 35.6 Å². The summed E-state index contributed by atoms with van der Waals surface area (Å²) in [5.74, 6) is -2.10. The van der Waals surface area contributed by atoms with Gasteiger partial charge in [-0.05, 0) is 128 Å². The molecule has 0 heterocycles. The molecule has 0 N–H and O–H groups in total. The predicted molar refractivity (Wildman–Crippen MR) is 386 cm³/mol. The van der Waals surface area contributed by atoms with Crippen LogP contribution >= 0.6 is 11.8 Å². The third-order valence-electron chi connectivity index (χ3n) is 17.2. The fourth-order valence-electron chi connectivity index (χ4n) is 11.3. The fraction of sp³-hybridized carbons (Fsp3) is 0.850. The van der Waals surface area contributed by atoms with E-state index in [1.165, 1.54) is 231 Å². The molecule has 0 saturated heterocycles. The summed E-state index contributed by atoms with van der Waals surface area (Å²) in [7, 11) is 0. The number of hydrogen-bond donors (Lipinski definition) is 0. The topological polar surface area (TPSA) is 105 Å². The van der Waals surface area contributed by atoms with Crippen LogP contribution in [0.3, 0.4) is 0 Å². The summed E-state index contributed by atoms with van der Waals surface area (Å²) in [5, 5.41) is -2.05. The standard InChI is InChI=1S/C80H146O8S/c1-5-9-13-17-21-25-29-33-37-41-45-49-53-57-61-65-69-85-77(81)73-75(79(83)87-71-67-63-59-55-51-47-43-39-35-31-27-23-19-15-11-7-3)89-76(80(84)88-72-68-64-60-56-52-48-44-40-36-32-28-24-20-16-12-8-4)74-78(82)86-70-66-62-58-54-50-46-42-38-34-30-26-22-18-14-10-6-2/h33-40,75-76H,5-32,41-74H2,1-4H3. The number of hydrogen-bond acceptors (Lipinski definition) is 9. The van der Waals surface area contributed by atoms with Gasteiger partial charge >= 0.3 is 23.9 Å². The van der Waals surface area contributed by atoms with Crippen LogP contribution < -0.4 is 0 Å². The SMILES string of the molecule is CCCCCCCCC=CCCCCCCCCOC(=O)CC(SC(CC(=O)OCCCCCCCCC=CCCCCCCCC)C(=O)OCCCCCCCCC=CCCCCCCCC)C(=O)OCCCCCCCCC=CCCCCCCCC. The lowest BCUT2D eigenvalue weighted by molar-refractivity contribution is -0.150. The lowest BCUT2D eigenvalue weighted by Crippen LogP contribution is -2.32. The highest BCUT2D eigenvalue weighted by Gasteiger charge is 2.34. The number of esters is 4. The number of thioether (sulfide) groups is 1. The average molecular weight is 1270 g/mol. The average Bonchev–Trinajstić information content (AvgIpc) is 3.72. The molecule has 0 rings (SSSR count). The first-order valence-electron chi connectivity index (χ1n) is 38.8. The van der Waals surface area contributed by atoms with Gasteiger partial charge in [-0.15, -0.1) is 11.8 Å². The Morgan fingerprint density at radius 3 is 0.607 bits per heavy atom. The van der Waals surface area contributed by atoms with Gasteiger partial charge in [-0.1, -0.05) is 307 Å². The van der Waals surface area contributed by atoms with Crippen molar-refractivity contribution < 1.29 is 38.1 Å². The van der Waals surface area contributed by atoms with Crippen LogP contribution in [0.25, 0.3) is 0 Å². The maximum absolute atomic E-state index is 14.0. The second kappa shape index (κ2) is 74.2. The molecule has 0 fully saturated rings. The van der Waals surface area contributed by atoms with Crippen LogP contribution in [-0.2, 0) is 38.1 Å². The Hall–Kier alpha value is -2.81. The van der Waals surface area contributed by atoms with Crippen LogP contribution in [0, 0.1) is 0 Å².